The van der Waals surface area contributed by atoms with Gasteiger partial charge >= 0.3 is 0 Å². The van der Waals surface area contributed by atoms with E-state index < -0.39 is 0 Å². The first-order valence-corrected chi connectivity index (χ1v) is 10.8. The monoisotopic (exact) mass is 391 g/mol. The third kappa shape index (κ3) is 4.05. The Balaban J connectivity index is 1.30. The molecule has 2 aliphatic heterocycles. The van der Waals surface area contributed by atoms with Crippen molar-refractivity contribution in [1.29, 1.82) is 0 Å². The molecule has 0 bridgehead atoms. The van der Waals surface area contributed by atoms with Crippen LogP contribution in [-0.2, 0) is 4.74 Å². The summed E-state index contributed by atoms with van der Waals surface area (Å²) in [5, 5.41) is 4.81. The molecule has 29 heavy (non-hydrogen) atoms. The molecule has 0 amide bonds. The summed E-state index contributed by atoms with van der Waals surface area (Å²) < 4.78 is 5.50. The third-order valence-electron chi connectivity index (χ3n) is 6.43. The second-order valence-corrected chi connectivity index (χ2v) is 8.39. The number of aliphatic imine (C=N–C) groups is 1. The second kappa shape index (κ2) is 8.20. The summed E-state index contributed by atoms with van der Waals surface area (Å²) in [6, 6.07) is 7.56. The number of morpholine rings is 1. The van der Waals surface area contributed by atoms with Gasteiger partial charge in [-0.25, -0.2) is 9.97 Å². The number of hydrogen-bond donors (Lipinski definition) is 1. The van der Waals surface area contributed by atoms with Gasteiger partial charge in [-0.1, -0.05) is 12.1 Å². The molecular weight excluding hydrogens is 362 g/mol. The molecule has 6 nitrogen and oxygen atoms in total. The maximum Gasteiger partial charge on any atom is 0.137 e. The van der Waals surface area contributed by atoms with Gasteiger partial charge in [0.05, 0.1) is 24.4 Å². The normalized spacial score (nSPS) is 25.7. The maximum atomic E-state index is 5.50. The lowest BCUT2D eigenvalue weighted by Crippen LogP contribution is -2.46. The summed E-state index contributed by atoms with van der Waals surface area (Å²) in [6.07, 6.45) is 9.65. The maximum absolute atomic E-state index is 5.50. The standard InChI is InChI=1S/C23H29N5O/c1-16-2-8-21(26-16)17-3-9-22-20(14-17)23(25-15-24-22)27-18-4-6-19(7-5-18)28-10-12-29-13-11-28/h3,8-9,14-15,18-19H,2,4-7,10-13H2,1H3,(H,24,25,27). The zero-order chi connectivity index (χ0) is 19.6. The van der Waals surface area contributed by atoms with E-state index in [2.05, 4.69) is 56.4 Å². The molecule has 1 N–H and O–H groups in total. The lowest BCUT2D eigenvalue weighted by Gasteiger charge is -2.39. The van der Waals surface area contributed by atoms with E-state index in [4.69, 9.17) is 4.74 Å². The van der Waals surface area contributed by atoms with E-state index in [-0.39, 0.29) is 0 Å². The molecule has 2 aromatic rings. The van der Waals surface area contributed by atoms with Crippen LogP contribution in [0.4, 0.5) is 5.82 Å². The van der Waals surface area contributed by atoms with E-state index in [1.54, 1.807) is 6.33 Å². The van der Waals surface area contributed by atoms with Crippen LogP contribution in [0.3, 0.4) is 0 Å². The number of ether oxygens (including phenoxy) is 1. The fourth-order valence-corrected chi connectivity index (χ4v) is 4.78. The number of nitrogens with one attached hydrogen (secondary N) is 1. The van der Waals surface area contributed by atoms with Crippen molar-refractivity contribution in [2.75, 3.05) is 31.6 Å². The van der Waals surface area contributed by atoms with E-state index >= 15 is 0 Å². The Morgan fingerprint density at radius 3 is 2.66 bits per heavy atom. The lowest BCUT2D eigenvalue weighted by atomic mass is 9.90. The number of allylic oxidation sites excluding steroid dienone is 1. The van der Waals surface area contributed by atoms with Gasteiger partial charge in [-0.05, 0) is 44.7 Å². The molecule has 0 radical (unpaired) electrons. The Hall–Kier alpha value is -2.31. The number of benzene rings is 1. The van der Waals surface area contributed by atoms with Crippen molar-refractivity contribution in [3.63, 3.8) is 0 Å². The average molecular weight is 392 g/mol. The Labute approximate surface area is 172 Å². The zero-order valence-electron chi connectivity index (χ0n) is 17.1. The van der Waals surface area contributed by atoms with Crippen LogP contribution in [0.15, 0.2) is 35.6 Å². The first-order chi connectivity index (χ1) is 14.3. The Kier molecular flexibility index (Phi) is 5.29. The fourth-order valence-electron chi connectivity index (χ4n) is 4.78. The van der Waals surface area contributed by atoms with E-state index in [1.165, 1.54) is 31.4 Å². The lowest BCUT2D eigenvalue weighted by molar-refractivity contribution is 0.00791. The minimum atomic E-state index is 0.472. The van der Waals surface area contributed by atoms with Crippen LogP contribution in [0.25, 0.3) is 16.6 Å². The van der Waals surface area contributed by atoms with Gasteiger partial charge in [-0.3, -0.25) is 9.89 Å². The molecule has 2 fully saturated rings. The van der Waals surface area contributed by atoms with Crippen LogP contribution in [0.5, 0.6) is 0 Å². The highest BCUT2D eigenvalue weighted by Gasteiger charge is 2.27. The van der Waals surface area contributed by atoms with Crippen molar-refractivity contribution in [3.05, 3.63) is 36.2 Å². The Morgan fingerprint density at radius 2 is 1.90 bits per heavy atom. The molecule has 3 heterocycles. The zero-order valence-corrected chi connectivity index (χ0v) is 17.1. The van der Waals surface area contributed by atoms with E-state index in [1.807, 2.05) is 0 Å². The molecule has 152 valence electrons. The predicted molar refractivity (Wildman–Crippen MR) is 117 cm³/mol. The first-order valence-electron chi connectivity index (χ1n) is 10.8. The first kappa shape index (κ1) is 18.7. The molecule has 6 heteroatoms. The molecule has 1 aromatic carbocycles. The average Bonchev–Trinajstić information content (AvgIpc) is 3.21. The molecule has 0 spiro atoms. The van der Waals surface area contributed by atoms with Crippen LogP contribution in [0.1, 0.15) is 44.6 Å². The van der Waals surface area contributed by atoms with Crippen LogP contribution in [0, 0.1) is 0 Å². The van der Waals surface area contributed by atoms with Crippen LogP contribution in [0.2, 0.25) is 0 Å². The summed E-state index contributed by atoms with van der Waals surface area (Å²) in [5.41, 5.74) is 4.35. The van der Waals surface area contributed by atoms with Gasteiger partial charge in [-0.15, -0.1) is 0 Å². The van der Waals surface area contributed by atoms with Crippen LogP contribution < -0.4 is 5.32 Å². The van der Waals surface area contributed by atoms with Gasteiger partial charge in [0.1, 0.15) is 12.1 Å². The fraction of sp³-hybridized carbons (Fsp3) is 0.522. The van der Waals surface area contributed by atoms with Crippen LogP contribution in [-0.4, -0.2) is 59.0 Å². The second-order valence-electron chi connectivity index (χ2n) is 8.39. The molecule has 1 aliphatic carbocycles. The Morgan fingerprint density at radius 1 is 1.07 bits per heavy atom. The van der Waals surface area contributed by atoms with Crippen molar-refractivity contribution in [3.8, 4) is 0 Å². The largest absolute Gasteiger partial charge is 0.379 e. The minimum Gasteiger partial charge on any atom is -0.379 e. The third-order valence-corrected chi connectivity index (χ3v) is 6.43. The predicted octanol–water partition coefficient (Wildman–Crippen LogP) is 3.89. The van der Waals surface area contributed by atoms with E-state index in [0.29, 0.717) is 12.1 Å². The Bertz CT molecular complexity index is 939. The van der Waals surface area contributed by atoms with Gasteiger partial charge < -0.3 is 10.1 Å². The van der Waals surface area contributed by atoms with Gasteiger partial charge in [0.25, 0.3) is 0 Å². The molecule has 1 aromatic heterocycles. The van der Waals surface area contributed by atoms with Gasteiger partial charge in [0.2, 0.25) is 0 Å². The SMILES string of the molecule is CC1=NC(c2ccc3ncnc(NC4CCC(N5CCOCC5)CC4)c3c2)=CC1. The summed E-state index contributed by atoms with van der Waals surface area (Å²) in [7, 11) is 0. The van der Waals surface area contributed by atoms with Crippen molar-refractivity contribution in [2.45, 2.75) is 51.1 Å². The van der Waals surface area contributed by atoms with Gasteiger partial charge in [0.15, 0.2) is 0 Å². The molecule has 3 aliphatic rings. The number of nitrogens with zero attached hydrogens (tertiary/aromatic N) is 4. The summed E-state index contributed by atoms with van der Waals surface area (Å²) in [6.45, 7) is 6.01. The smallest absolute Gasteiger partial charge is 0.137 e. The molecule has 5 rings (SSSR count). The molecule has 0 atom stereocenters. The van der Waals surface area contributed by atoms with E-state index in [0.717, 1.165) is 60.7 Å². The highest BCUT2D eigenvalue weighted by atomic mass is 16.5. The van der Waals surface area contributed by atoms with Crippen molar-refractivity contribution < 1.29 is 4.74 Å². The summed E-state index contributed by atoms with van der Waals surface area (Å²) >= 11 is 0. The topological polar surface area (TPSA) is 62.6 Å². The number of fused-ring (bicyclic) bond motifs is 1. The quantitative estimate of drug-likeness (QED) is 0.857. The molecule has 0 unspecified atom stereocenters. The van der Waals surface area contributed by atoms with Crippen molar-refractivity contribution >= 4 is 28.1 Å². The van der Waals surface area contributed by atoms with Crippen molar-refractivity contribution in [2.24, 2.45) is 4.99 Å². The molecule has 1 saturated heterocycles. The van der Waals surface area contributed by atoms with Gasteiger partial charge in [-0.2, -0.15) is 0 Å². The highest BCUT2D eigenvalue weighted by Crippen LogP contribution is 2.30. The highest BCUT2D eigenvalue weighted by molar-refractivity contribution is 5.97. The summed E-state index contributed by atoms with van der Waals surface area (Å²) in [5.74, 6) is 0.950. The van der Waals surface area contributed by atoms with E-state index in [9.17, 15) is 0 Å². The van der Waals surface area contributed by atoms with Crippen molar-refractivity contribution in [1.82, 2.24) is 14.9 Å². The number of anilines is 1. The number of hydrogen-bond acceptors (Lipinski definition) is 6. The van der Waals surface area contributed by atoms with Crippen LogP contribution >= 0.6 is 0 Å². The summed E-state index contributed by atoms with van der Waals surface area (Å²) in [4.78, 5) is 16.3. The molecular formula is C23H29N5O. The molecule has 1 saturated carbocycles. The number of aromatic nitrogens is 2. The van der Waals surface area contributed by atoms with Gasteiger partial charge in [0, 0.05) is 48.3 Å². The number of rotatable bonds is 4. The minimum absolute atomic E-state index is 0.472.